The molecule has 1 heterocycles. The molecule has 1 amide bonds. The zero-order chi connectivity index (χ0) is 44.9. The highest BCUT2D eigenvalue weighted by Gasteiger charge is 2.55. The van der Waals surface area contributed by atoms with Gasteiger partial charge in [-0.3, -0.25) is 19.2 Å². The van der Waals surface area contributed by atoms with E-state index in [1.807, 2.05) is 6.07 Å². The van der Waals surface area contributed by atoms with Crippen molar-refractivity contribution in [2.75, 3.05) is 13.7 Å². The summed E-state index contributed by atoms with van der Waals surface area (Å²) in [4.78, 5) is 59.9. The van der Waals surface area contributed by atoms with Gasteiger partial charge in [0.2, 0.25) is 5.78 Å². The van der Waals surface area contributed by atoms with Crippen LogP contribution in [-0.4, -0.2) is 110 Å². The Morgan fingerprint density at radius 2 is 1.75 bits per heavy atom. The lowest BCUT2D eigenvalue weighted by atomic mass is 9.55. The van der Waals surface area contributed by atoms with Crippen LogP contribution in [-0.2, 0) is 30.3 Å². The normalized spacial score (nSPS) is 33.6. The van der Waals surface area contributed by atoms with Gasteiger partial charge in [0.05, 0.1) is 53.9 Å². The SMILES string of the molecule is COc1cccc2c1C(=O)c1c(O)c3c(c(O)c1C2=O)C[C@@](O)(C(C)=O)C[C@@H]3O[C@H]1C[C@H](NC(=O)CO/N=C2/C[C@@H]3[C@H](CC[C@]4(C)[C@@H](O)CC[C@@H]34)c3ccc(O)cc32)[C@H](O)[C@H](C)O1. The van der Waals surface area contributed by atoms with Gasteiger partial charge in [-0.15, -0.1) is 0 Å². The maximum absolute atomic E-state index is 14.0. The second-order valence-corrected chi connectivity index (χ2v) is 18.4. The lowest BCUT2D eigenvalue weighted by Crippen LogP contribution is -2.56. The lowest BCUT2D eigenvalue weighted by Gasteiger charge is -2.50. The summed E-state index contributed by atoms with van der Waals surface area (Å²) >= 11 is 0. The van der Waals surface area contributed by atoms with E-state index in [4.69, 9.17) is 19.0 Å². The first-order valence-corrected chi connectivity index (χ1v) is 21.5. The molecule has 2 saturated carbocycles. The molecule has 9 rings (SSSR count). The highest BCUT2D eigenvalue weighted by molar-refractivity contribution is 6.31. The number of nitrogens with one attached hydrogen (secondary N) is 1. The van der Waals surface area contributed by atoms with Crippen molar-refractivity contribution in [2.24, 2.45) is 22.4 Å². The number of fused-ring (bicyclic) bond motifs is 8. The number of methoxy groups -OCH3 is 1. The molecule has 3 aromatic carbocycles. The standard InChI is InChI=1S/C47H52N2O14/c1-20-41(54)31(48-35(53)19-61-49-30-15-26-24(23-9-8-22(51)14-27(23)30)12-13-46(3)29(26)10-11-34(46)52)16-36(62-20)63-33-18-47(59,21(2)50)17-28-38(33)45(58)40-39(43(28)56)42(55)25-6-5-7-32(60-4)37(25)44(40)57/h5-9,14,20,24,26,29,31,33-34,36,41,51-52,54,56,58-59H,10-13,15-19H2,1-4H3,(H,48,53)/b49-30-/t20-,24+,26+,29-,31-,33-,34-,36-,41+,46-,47-/m0/s1. The van der Waals surface area contributed by atoms with Gasteiger partial charge in [0.1, 0.15) is 34.7 Å². The summed E-state index contributed by atoms with van der Waals surface area (Å²) in [6.07, 6.45) is -2.21. The molecule has 7 N–H and O–H groups in total. The quantitative estimate of drug-likeness (QED) is 0.0978. The number of carbonyl (C=O) groups is 4. The van der Waals surface area contributed by atoms with Crippen molar-refractivity contribution in [1.82, 2.24) is 5.32 Å². The number of hydrogen-bond acceptors (Lipinski definition) is 15. The van der Waals surface area contributed by atoms with E-state index in [1.165, 1.54) is 25.3 Å². The molecule has 0 bridgehead atoms. The van der Waals surface area contributed by atoms with Crippen molar-refractivity contribution in [2.45, 2.75) is 120 Å². The first kappa shape index (κ1) is 42.9. The number of phenolic OH excluding ortho intramolecular Hbond substituents is 3. The van der Waals surface area contributed by atoms with Crippen LogP contribution in [0.15, 0.2) is 41.6 Å². The predicted octanol–water partition coefficient (Wildman–Crippen LogP) is 3.99. The molecule has 6 aliphatic rings. The topological polar surface area (TPSA) is 251 Å². The van der Waals surface area contributed by atoms with Crippen LogP contribution in [0.3, 0.4) is 0 Å². The number of carbonyl (C=O) groups excluding carboxylic acids is 4. The zero-order valence-corrected chi connectivity index (χ0v) is 35.4. The van der Waals surface area contributed by atoms with E-state index in [2.05, 4.69) is 17.4 Å². The van der Waals surface area contributed by atoms with E-state index in [9.17, 15) is 49.8 Å². The molecule has 0 spiro atoms. The van der Waals surface area contributed by atoms with Crippen molar-refractivity contribution in [3.05, 3.63) is 80.9 Å². The molecule has 0 radical (unpaired) electrons. The maximum Gasteiger partial charge on any atom is 0.261 e. The maximum atomic E-state index is 14.0. The Morgan fingerprint density at radius 1 is 0.984 bits per heavy atom. The van der Waals surface area contributed by atoms with Crippen LogP contribution in [0.25, 0.3) is 0 Å². The lowest BCUT2D eigenvalue weighted by molar-refractivity contribution is -0.249. The summed E-state index contributed by atoms with van der Waals surface area (Å²) in [5.74, 6) is -3.35. The molecule has 334 valence electrons. The average Bonchev–Trinajstić information content (AvgIpc) is 3.55. The van der Waals surface area contributed by atoms with Crippen molar-refractivity contribution < 1.29 is 68.9 Å². The Bertz CT molecular complexity index is 2470. The van der Waals surface area contributed by atoms with Crippen LogP contribution in [0.2, 0.25) is 0 Å². The van der Waals surface area contributed by atoms with Crippen LogP contribution < -0.4 is 10.1 Å². The monoisotopic (exact) mass is 868 g/mol. The summed E-state index contributed by atoms with van der Waals surface area (Å²) in [5, 5.41) is 74.8. The first-order valence-electron chi connectivity index (χ1n) is 21.5. The smallest absolute Gasteiger partial charge is 0.261 e. The molecule has 1 aliphatic heterocycles. The van der Waals surface area contributed by atoms with Crippen LogP contribution in [0.1, 0.15) is 132 Å². The van der Waals surface area contributed by atoms with E-state index in [-0.39, 0.29) is 69.4 Å². The molecule has 5 aliphatic carbocycles. The number of ketones is 3. The van der Waals surface area contributed by atoms with E-state index in [1.54, 1.807) is 19.1 Å². The van der Waals surface area contributed by atoms with Crippen molar-refractivity contribution >= 4 is 29.0 Å². The molecular weight excluding hydrogens is 817 g/mol. The van der Waals surface area contributed by atoms with Crippen LogP contribution in [0, 0.1) is 17.3 Å². The third kappa shape index (κ3) is 6.88. The van der Waals surface area contributed by atoms with Crippen molar-refractivity contribution in [3.8, 4) is 23.0 Å². The fraction of sp³-hybridized carbons (Fsp3) is 0.511. The van der Waals surface area contributed by atoms with Crippen molar-refractivity contribution in [3.63, 3.8) is 0 Å². The average molecular weight is 869 g/mol. The second-order valence-electron chi connectivity index (χ2n) is 18.4. The van der Waals surface area contributed by atoms with E-state index >= 15 is 0 Å². The molecule has 1 saturated heterocycles. The highest BCUT2D eigenvalue weighted by Crippen LogP contribution is 2.61. The first-order chi connectivity index (χ1) is 29.9. The minimum atomic E-state index is -2.13. The van der Waals surface area contributed by atoms with Gasteiger partial charge in [0.15, 0.2) is 24.5 Å². The molecule has 0 unspecified atom stereocenters. The van der Waals surface area contributed by atoms with Gasteiger partial charge in [-0.25, -0.2) is 0 Å². The number of oxime groups is 1. The summed E-state index contributed by atoms with van der Waals surface area (Å²) in [5.41, 5.74) is -1.33. The number of aromatic hydroxyl groups is 3. The molecule has 63 heavy (non-hydrogen) atoms. The van der Waals surface area contributed by atoms with Gasteiger partial charge in [-0.05, 0) is 92.9 Å². The number of phenols is 3. The number of aliphatic hydroxyl groups excluding tert-OH is 2. The number of amides is 1. The third-order valence-electron chi connectivity index (χ3n) is 15.0. The predicted molar refractivity (Wildman–Crippen MR) is 222 cm³/mol. The van der Waals surface area contributed by atoms with Gasteiger partial charge in [-0.2, -0.15) is 0 Å². The zero-order valence-electron chi connectivity index (χ0n) is 35.4. The summed E-state index contributed by atoms with van der Waals surface area (Å²) in [6, 6.07) is 8.67. The number of aliphatic hydroxyl groups is 3. The van der Waals surface area contributed by atoms with Crippen molar-refractivity contribution in [1.29, 1.82) is 0 Å². The van der Waals surface area contributed by atoms with Gasteiger partial charge < -0.3 is 55.0 Å². The molecule has 11 atom stereocenters. The van der Waals surface area contributed by atoms with Gasteiger partial charge >= 0.3 is 0 Å². The third-order valence-corrected chi connectivity index (χ3v) is 15.0. The number of rotatable bonds is 8. The number of benzene rings is 3. The Morgan fingerprint density at radius 3 is 2.49 bits per heavy atom. The van der Waals surface area contributed by atoms with E-state index in [0.717, 1.165) is 43.7 Å². The molecule has 16 nitrogen and oxygen atoms in total. The van der Waals surface area contributed by atoms with Gasteiger partial charge in [-0.1, -0.05) is 30.3 Å². The number of Topliss-reactive ketones (excluding diaryl/α,β-unsaturated/α-hetero) is 1. The molecule has 0 aromatic heterocycles. The van der Waals surface area contributed by atoms with Crippen LogP contribution >= 0.6 is 0 Å². The molecule has 16 heteroatoms. The molecular formula is C47H52N2O14. The Balaban J connectivity index is 0.941. The summed E-state index contributed by atoms with van der Waals surface area (Å²) in [6.45, 7) is 4.36. The Labute approximate surface area is 362 Å². The van der Waals surface area contributed by atoms with Crippen LogP contribution in [0.4, 0.5) is 0 Å². The van der Waals surface area contributed by atoms with Crippen LogP contribution in [0.5, 0.6) is 23.0 Å². The molecule has 3 aromatic rings. The minimum absolute atomic E-state index is 0.0591. The summed E-state index contributed by atoms with van der Waals surface area (Å²) < 4.78 is 17.7. The number of hydrogen-bond donors (Lipinski definition) is 7. The number of ether oxygens (including phenoxy) is 3. The highest BCUT2D eigenvalue weighted by atomic mass is 16.7. The van der Waals surface area contributed by atoms with Gasteiger partial charge in [0.25, 0.3) is 5.91 Å². The fourth-order valence-electron chi connectivity index (χ4n) is 11.7. The minimum Gasteiger partial charge on any atom is -0.508 e. The Hall–Kier alpha value is -5.39. The molecule has 3 fully saturated rings. The largest absolute Gasteiger partial charge is 0.508 e. The van der Waals surface area contributed by atoms with E-state index < -0.39 is 102 Å². The van der Waals surface area contributed by atoms with Gasteiger partial charge in [0, 0.05) is 41.5 Å². The summed E-state index contributed by atoms with van der Waals surface area (Å²) in [7, 11) is 1.32. The fourth-order valence-corrected chi connectivity index (χ4v) is 11.7. The number of nitrogens with zero attached hydrogens (tertiary/aromatic N) is 1. The van der Waals surface area contributed by atoms with E-state index in [0.29, 0.717) is 12.1 Å². The Kier molecular flexibility index (Phi) is 10.7. The second kappa shape index (κ2) is 15.7.